The Bertz CT molecular complexity index is 539. The Hall–Kier alpha value is -2.04. The molecule has 1 atom stereocenters. The Labute approximate surface area is 105 Å². The number of aromatic nitrogens is 2. The Kier molecular flexibility index (Phi) is 2.88. The Morgan fingerprint density at radius 3 is 3.17 bits per heavy atom. The lowest BCUT2D eigenvalue weighted by atomic mass is 10.2. The third kappa shape index (κ3) is 2.03. The quantitative estimate of drug-likeness (QED) is 0.900. The van der Waals surface area contributed by atoms with E-state index < -0.39 is 0 Å². The molecule has 0 spiro atoms. The van der Waals surface area contributed by atoms with Gasteiger partial charge in [0.25, 0.3) is 5.89 Å². The summed E-state index contributed by atoms with van der Waals surface area (Å²) in [5.74, 6) is 2.11. The largest absolute Gasteiger partial charge is 0.477 e. The van der Waals surface area contributed by atoms with Crippen LogP contribution >= 0.6 is 0 Å². The fourth-order valence-electron chi connectivity index (χ4n) is 1.97. The minimum absolute atomic E-state index is 0.210. The molecule has 0 radical (unpaired) electrons. The van der Waals surface area contributed by atoms with Crippen molar-refractivity contribution in [2.75, 3.05) is 11.9 Å². The predicted molar refractivity (Wildman–Crippen MR) is 66.6 cm³/mol. The van der Waals surface area contributed by atoms with Crippen LogP contribution in [0.15, 0.2) is 28.8 Å². The molecule has 1 aromatic heterocycles. The third-order valence-electron chi connectivity index (χ3n) is 2.87. The summed E-state index contributed by atoms with van der Waals surface area (Å²) in [6, 6.07) is 7.83. The van der Waals surface area contributed by atoms with Crippen LogP contribution < -0.4 is 10.1 Å². The maximum absolute atomic E-state index is 5.85. The number of fused-ring (bicyclic) bond motifs is 1. The molecule has 0 saturated heterocycles. The molecule has 1 aliphatic heterocycles. The molecule has 0 amide bonds. The minimum atomic E-state index is -0.210. The Morgan fingerprint density at radius 1 is 1.39 bits per heavy atom. The van der Waals surface area contributed by atoms with E-state index in [2.05, 4.69) is 22.4 Å². The average molecular weight is 245 g/mol. The lowest BCUT2D eigenvalue weighted by Crippen LogP contribution is -2.23. The van der Waals surface area contributed by atoms with Crippen molar-refractivity contribution >= 4 is 5.69 Å². The summed E-state index contributed by atoms with van der Waals surface area (Å²) in [7, 11) is 0. The highest BCUT2D eigenvalue weighted by Gasteiger charge is 2.25. The van der Waals surface area contributed by atoms with E-state index in [-0.39, 0.29) is 6.10 Å². The van der Waals surface area contributed by atoms with Gasteiger partial charge in [-0.3, -0.25) is 0 Å². The standard InChI is InChI=1S/C13H15N3O2/c1-2-5-12-15-13(18-16-12)11-8-14-9-6-3-4-7-10(9)17-11/h3-4,6-7,11,14H,2,5,8H2,1H3. The fraction of sp³-hybridized carbons (Fsp3) is 0.385. The minimum Gasteiger partial charge on any atom is -0.477 e. The molecule has 5 heteroatoms. The van der Waals surface area contributed by atoms with E-state index in [0.717, 1.165) is 30.1 Å². The zero-order valence-corrected chi connectivity index (χ0v) is 10.2. The topological polar surface area (TPSA) is 60.2 Å². The van der Waals surface area contributed by atoms with Crippen molar-refractivity contribution in [2.45, 2.75) is 25.9 Å². The van der Waals surface area contributed by atoms with E-state index >= 15 is 0 Å². The van der Waals surface area contributed by atoms with Crippen LogP contribution in [0.25, 0.3) is 0 Å². The Morgan fingerprint density at radius 2 is 2.28 bits per heavy atom. The second-order valence-corrected chi connectivity index (χ2v) is 4.28. The normalized spacial score (nSPS) is 17.7. The number of benzene rings is 1. The fourth-order valence-corrected chi connectivity index (χ4v) is 1.97. The maximum atomic E-state index is 5.85. The lowest BCUT2D eigenvalue weighted by molar-refractivity contribution is 0.162. The molecule has 1 aliphatic rings. The zero-order valence-electron chi connectivity index (χ0n) is 10.2. The molecule has 0 aliphatic carbocycles. The van der Waals surface area contributed by atoms with Gasteiger partial charge in [0.2, 0.25) is 0 Å². The van der Waals surface area contributed by atoms with Crippen LogP contribution in [-0.4, -0.2) is 16.7 Å². The van der Waals surface area contributed by atoms with Gasteiger partial charge in [-0.05, 0) is 18.6 Å². The molecule has 1 N–H and O–H groups in total. The second-order valence-electron chi connectivity index (χ2n) is 4.28. The molecular formula is C13H15N3O2. The van der Waals surface area contributed by atoms with Crippen molar-refractivity contribution < 1.29 is 9.26 Å². The summed E-state index contributed by atoms with van der Waals surface area (Å²) in [6.07, 6.45) is 1.63. The summed E-state index contributed by atoms with van der Waals surface area (Å²) in [6.45, 7) is 2.73. The number of ether oxygens (including phenoxy) is 1. The number of hydrogen-bond acceptors (Lipinski definition) is 5. The lowest BCUT2D eigenvalue weighted by Gasteiger charge is -2.24. The average Bonchev–Trinajstić information content (AvgIpc) is 2.87. The molecule has 0 saturated carbocycles. The first kappa shape index (κ1) is 11.1. The summed E-state index contributed by atoms with van der Waals surface area (Å²) in [5.41, 5.74) is 1.00. The number of aryl methyl sites for hydroxylation is 1. The first-order valence-corrected chi connectivity index (χ1v) is 6.19. The van der Waals surface area contributed by atoms with Gasteiger partial charge in [-0.15, -0.1) is 0 Å². The predicted octanol–water partition coefficient (Wildman–Crippen LogP) is 2.57. The van der Waals surface area contributed by atoms with Crippen molar-refractivity contribution in [1.82, 2.24) is 10.1 Å². The number of hydrogen-bond donors (Lipinski definition) is 1. The molecule has 94 valence electrons. The summed E-state index contributed by atoms with van der Waals surface area (Å²) in [5, 5.41) is 7.24. The van der Waals surface area contributed by atoms with Gasteiger partial charge in [0, 0.05) is 6.42 Å². The van der Waals surface area contributed by atoms with Crippen molar-refractivity contribution in [2.24, 2.45) is 0 Å². The number of anilines is 1. The van der Waals surface area contributed by atoms with Gasteiger partial charge in [-0.1, -0.05) is 24.2 Å². The third-order valence-corrected chi connectivity index (χ3v) is 2.87. The number of nitrogens with zero attached hydrogens (tertiary/aromatic N) is 2. The van der Waals surface area contributed by atoms with Crippen molar-refractivity contribution in [1.29, 1.82) is 0 Å². The van der Waals surface area contributed by atoms with Crippen molar-refractivity contribution in [3.8, 4) is 5.75 Å². The molecular weight excluding hydrogens is 230 g/mol. The van der Waals surface area contributed by atoms with Crippen LogP contribution in [0.1, 0.15) is 31.2 Å². The Balaban J connectivity index is 1.78. The van der Waals surface area contributed by atoms with Crippen LogP contribution in [0.4, 0.5) is 5.69 Å². The SMILES string of the molecule is CCCc1noc(C2CNc3ccccc3O2)n1. The first-order valence-electron chi connectivity index (χ1n) is 6.19. The molecule has 3 rings (SSSR count). The molecule has 18 heavy (non-hydrogen) atoms. The molecule has 1 unspecified atom stereocenters. The molecule has 2 heterocycles. The first-order chi connectivity index (χ1) is 8.86. The highest BCUT2D eigenvalue weighted by Crippen LogP contribution is 2.33. The van der Waals surface area contributed by atoms with Gasteiger partial charge >= 0.3 is 0 Å². The number of para-hydroxylation sites is 2. The summed E-state index contributed by atoms with van der Waals surface area (Å²) in [4.78, 5) is 4.35. The van der Waals surface area contributed by atoms with Crippen LogP contribution in [-0.2, 0) is 6.42 Å². The van der Waals surface area contributed by atoms with Gasteiger partial charge in [0.1, 0.15) is 5.75 Å². The summed E-state index contributed by atoms with van der Waals surface area (Å²) < 4.78 is 11.1. The molecule has 2 aromatic rings. The van der Waals surface area contributed by atoms with Gasteiger partial charge in [-0.25, -0.2) is 0 Å². The summed E-state index contributed by atoms with van der Waals surface area (Å²) >= 11 is 0. The monoisotopic (exact) mass is 245 g/mol. The van der Waals surface area contributed by atoms with Gasteiger partial charge in [-0.2, -0.15) is 4.98 Å². The van der Waals surface area contributed by atoms with E-state index in [1.165, 1.54) is 0 Å². The van der Waals surface area contributed by atoms with E-state index in [4.69, 9.17) is 9.26 Å². The van der Waals surface area contributed by atoms with Crippen LogP contribution in [0.2, 0.25) is 0 Å². The van der Waals surface area contributed by atoms with E-state index in [0.29, 0.717) is 12.4 Å². The zero-order chi connectivity index (χ0) is 12.4. The number of rotatable bonds is 3. The van der Waals surface area contributed by atoms with Crippen molar-refractivity contribution in [3.05, 3.63) is 36.0 Å². The van der Waals surface area contributed by atoms with Crippen molar-refractivity contribution in [3.63, 3.8) is 0 Å². The maximum Gasteiger partial charge on any atom is 0.269 e. The van der Waals surface area contributed by atoms with Crippen LogP contribution in [0.3, 0.4) is 0 Å². The van der Waals surface area contributed by atoms with Gasteiger partial charge in [0.05, 0.1) is 12.2 Å². The highest BCUT2D eigenvalue weighted by atomic mass is 16.5. The molecule has 5 nitrogen and oxygen atoms in total. The van der Waals surface area contributed by atoms with E-state index in [1.54, 1.807) is 0 Å². The molecule has 1 aromatic carbocycles. The number of nitrogens with one attached hydrogen (secondary N) is 1. The highest BCUT2D eigenvalue weighted by molar-refractivity contribution is 5.57. The van der Waals surface area contributed by atoms with Crippen LogP contribution in [0, 0.1) is 0 Å². The van der Waals surface area contributed by atoms with E-state index in [1.807, 2.05) is 24.3 Å². The van der Waals surface area contributed by atoms with E-state index in [9.17, 15) is 0 Å². The van der Waals surface area contributed by atoms with Gasteiger partial charge in [0.15, 0.2) is 11.9 Å². The van der Waals surface area contributed by atoms with Crippen LogP contribution in [0.5, 0.6) is 5.75 Å². The van der Waals surface area contributed by atoms with Gasteiger partial charge < -0.3 is 14.6 Å². The molecule has 0 bridgehead atoms. The smallest absolute Gasteiger partial charge is 0.269 e. The second kappa shape index (κ2) is 4.68. The molecule has 0 fully saturated rings.